The lowest BCUT2D eigenvalue weighted by molar-refractivity contribution is 0.296. The quantitative estimate of drug-likeness (QED) is 0.895. The summed E-state index contributed by atoms with van der Waals surface area (Å²) in [4.78, 5) is 0. The maximum atomic E-state index is 6.53. The summed E-state index contributed by atoms with van der Waals surface area (Å²) >= 11 is 0. The normalized spacial score (nSPS) is 29.7. The van der Waals surface area contributed by atoms with Gasteiger partial charge in [0.2, 0.25) is 0 Å². The number of hydrogen-bond donors (Lipinski definition) is 1. The van der Waals surface area contributed by atoms with Crippen LogP contribution in [-0.2, 0) is 0 Å². The zero-order valence-corrected chi connectivity index (χ0v) is 13.0. The van der Waals surface area contributed by atoms with Gasteiger partial charge in [-0.15, -0.1) is 0 Å². The Hall–Kier alpha value is -1.02. The lowest BCUT2D eigenvalue weighted by Crippen LogP contribution is -2.20. The highest BCUT2D eigenvalue weighted by molar-refractivity contribution is 5.42. The SMILES string of the molecule is COc1cc(C)c(C(N)CC2CC3CCC2C3)cc1C. The van der Waals surface area contributed by atoms with E-state index in [0.29, 0.717) is 0 Å². The number of nitrogens with two attached hydrogens (primary N) is 1. The fraction of sp³-hybridized carbons (Fsp3) is 0.667. The van der Waals surface area contributed by atoms with Gasteiger partial charge in [0.1, 0.15) is 5.75 Å². The van der Waals surface area contributed by atoms with Crippen LogP contribution in [0, 0.1) is 31.6 Å². The van der Waals surface area contributed by atoms with E-state index in [9.17, 15) is 0 Å². The number of aryl methyl sites for hydroxylation is 2. The fourth-order valence-electron chi connectivity index (χ4n) is 4.55. The number of methoxy groups -OCH3 is 1. The summed E-state index contributed by atoms with van der Waals surface area (Å²) in [6.45, 7) is 4.25. The van der Waals surface area contributed by atoms with Gasteiger partial charge in [0.05, 0.1) is 7.11 Å². The van der Waals surface area contributed by atoms with E-state index < -0.39 is 0 Å². The summed E-state index contributed by atoms with van der Waals surface area (Å²) in [5.41, 5.74) is 10.3. The average Bonchev–Trinajstić information content (AvgIpc) is 3.03. The maximum Gasteiger partial charge on any atom is 0.122 e. The Bertz CT molecular complexity index is 496. The molecule has 0 spiro atoms. The highest BCUT2D eigenvalue weighted by Gasteiger charge is 2.39. The molecule has 1 aromatic rings. The molecule has 0 radical (unpaired) electrons. The highest BCUT2D eigenvalue weighted by Crippen LogP contribution is 2.50. The van der Waals surface area contributed by atoms with Crippen molar-refractivity contribution in [2.24, 2.45) is 23.5 Å². The van der Waals surface area contributed by atoms with E-state index in [4.69, 9.17) is 10.5 Å². The molecule has 2 aliphatic rings. The topological polar surface area (TPSA) is 35.2 Å². The van der Waals surface area contributed by atoms with Crippen molar-refractivity contribution < 1.29 is 4.74 Å². The summed E-state index contributed by atoms with van der Waals surface area (Å²) in [5, 5.41) is 0. The van der Waals surface area contributed by atoms with Gasteiger partial charge in [0.15, 0.2) is 0 Å². The Morgan fingerprint density at radius 2 is 2.00 bits per heavy atom. The number of ether oxygens (including phenoxy) is 1. The van der Waals surface area contributed by atoms with Crippen LogP contribution in [0.25, 0.3) is 0 Å². The van der Waals surface area contributed by atoms with Crippen molar-refractivity contribution in [3.05, 3.63) is 28.8 Å². The molecule has 110 valence electrons. The summed E-state index contributed by atoms with van der Waals surface area (Å²) in [6, 6.07) is 4.54. The molecule has 1 aromatic carbocycles. The molecule has 2 nitrogen and oxygen atoms in total. The van der Waals surface area contributed by atoms with E-state index in [1.54, 1.807) is 7.11 Å². The molecule has 2 fully saturated rings. The zero-order valence-electron chi connectivity index (χ0n) is 13.0. The molecule has 2 heteroatoms. The van der Waals surface area contributed by atoms with Crippen molar-refractivity contribution in [2.45, 2.75) is 52.0 Å². The van der Waals surface area contributed by atoms with E-state index in [-0.39, 0.29) is 6.04 Å². The number of rotatable bonds is 4. The van der Waals surface area contributed by atoms with Gasteiger partial charge < -0.3 is 10.5 Å². The lowest BCUT2D eigenvalue weighted by Gasteiger charge is -2.26. The molecule has 2 aliphatic carbocycles. The minimum atomic E-state index is 0.184. The van der Waals surface area contributed by atoms with Crippen molar-refractivity contribution in [3.8, 4) is 5.75 Å². The van der Waals surface area contributed by atoms with Gasteiger partial charge in [0.25, 0.3) is 0 Å². The van der Waals surface area contributed by atoms with Crippen LogP contribution in [0.5, 0.6) is 5.75 Å². The molecule has 2 saturated carbocycles. The fourth-order valence-corrected chi connectivity index (χ4v) is 4.55. The van der Waals surface area contributed by atoms with Crippen LogP contribution in [0.4, 0.5) is 0 Å². The second-order valence-electron chi connectivity index (χ2n) is 6.96. The minimum absolute atomic E-state index is 0.184. The zero-order chi connectivity index (χ0) is 14.3. The van der Waals surface area contributed by atoms with Gasteiger partial charge in [-0.25, -0.2) is 0 Å². The van der Waals surface area contributed by atoms with Gasteiger partial charge in [-0.1, -0.05) is 12.5 Å². The van der Waals surface area contributed by atoms with Gasteiger partial charge in [-0.05, 0) is 80.0 Å². The Morgan fingerprint density at radius 1 is 1.20 bits per heavy atom. The first-order valence-electron chi connectivity index (χ1n) is 7.99. The number of fused-ring (bicyclic) bond motifs is 2. The van der Waals surface area contributed by atoms with E-state index in [2.05, 4.69) is 26.0 Å². The van der Waals surface area contributed by atoms with Crippen molar-refractivity contribution in [3.63, 3.8) is 0 Å². The Kier molecular flexibility index (Phi) is 3.76. The molecule has 0 saturated heterocycles. The Balaban J connectivity index is 1.74. The summed E-state index contributed by atoms with van der Waals surface area (Å²) in [5.74, 6) is 3.81. The summed E-state index contributed by atoms with van der Waals surface area (Å²) in [7, 11) is 1.73. The Morgan fingerprint density at radius 3 is 2.60 bits per heavy atom. The first-order valence-corrected chi connectivity index (χ1v) is 7.99. The second kappa shape index (κ2) is 5.40. The standard InChI is InChI=1S/C18H27NO/c1-11-7-18(20-3)12(2)6-16(11)17(19)10-15-9-13-4-5-14(15)8-13/h6-7,13-15,17H,4-5,8-10,19H2,1-3H3. The first-order chi connectivity index (χ1) is 9.58. The predicted octanol–water partition coefficient (Wildman–Crippen LogP) is 4.14. The van der Waals surface area contributed by atoms with Gasteiger partial charge in [-0.3, -0.25) is 0 Å². The van der Waals surface area contributed by atoms with Crippen LogP contribution in [-0.4, -0.2) is 7.11 Å². The molecular weight excluding hydrogens is 246 g/mol. The molecule has 0 aromatic heterocycles. The van der Waals surface area contributed by atoms with Gasteiger partial charge in [-0.2, -0.15) is 0 Å². The Labute approximate surface area is 122 Å². The molecule has 20 heavy (non-hydrogen) atoms. The largest absolute Gasteiger partial charge is 0.496 e. The number of hydrogen-bond acceptors (Lipinski definition) is 2. The van der Waals surface area contributed by atoms with Crippen LogP contribution < -0.4 is 10.5 Å². The van der Waals surface area contributed by atoms with Crippen LogP contribution in [0.2, 0.25) is 0 Å². The monoisotopic (exact) mass is 273 g/mol. The van der Waals surface area contributed by atoms with E-state index in [1.807, 2.05) is 0 Å². The third-order valence-electron chi connectivity index (χ3n) is 5.62. The van der Waals surface area contributed by atoms with Crippen LogP contribution in [0.3, 0.4) is 0 Å². The lowest BCUT2D eigenvalue weighted by atomic mass is 9.82. The molecule has 0 heterocycles. The van der Waals surface area contributed by atoms with Crippen LogP contribution in [0.1, 0.15) is 54.8 Å². The predicted molar refractivity (Wildman–Crippen MR) is 83.0 cm³/mol. The molecular formula is C18H27NO. The molecule has 4 unspecified atom stereocenters. The van der Waals surface area contributed by atoms with Crippen molar-refractivity contribution >= 4 is 0 Å². The van der Waals surface area contributed by atoms with E-state index in [1.165, 1.54) is 42.4 Å². The molecule has 0 aliphatic heterocycles. The van der Waals surface area contributed by atoms with Gasteiger partial charge >= 0.3 is 0 Å². The highest BCUT2D eigenvalue weighted by atomic mass is 16.5. The molecule has 2 bridgehead atoms. The molecule has 0 amide bonds. The van der Waals surface area contributed by atoms with Crippen LogP contribution in [0.15, 0.2) is 12.1 Å². The van der Waals surface area contributed by atoms with E-state index in [0.717, 1.165) is 29.9 Å². The summed E-state index contributed by atoms with van der Waals surface area (Å²) < 4.78 is 5.39. The van der Waals surface area contributed by atoms with Crippen LogP contribution >= 0.6 is 0 Å². The maximum absolute atomic E-state index is 6.53. The van der Waals surface area contributed by atoms with Crippen molar-refractivity contribution in [1.82, 2.24) is 0 Å². The first kappa shape index (κ1) is 13.9. The number of benzene rings is 1. The minimum Gasteiger partial charge on any atom is -0.496 e. The van der Waals surface area contributed by atoms with Crippen molar-refractivity contribution in [2.75, 3.05) is 7.11 Å². The second-order valence-corrected chi connectivity index (χ2v) is 6.96. The van der Waals surface area contributed by atoms with Crippen molar-refractivity contribution in [1.29, 1.82) is 0 Å². The average molecular weight is 273 g/mol. The van der Waals surface area contributed by atoms with E-state index >= 15 is 0 Å². The summed E-state index contributed by atoms with van der Waals surface area (Å²) in [6.07, 6.45) is 6.97. The smallest absolute Gasteiger partial charge is 0.122 e. The molecule has 2 N–H and O–H groups in total. The van der Waals surface area contributed by atoms with Gasteiger partial charge in [0, 0.05) is 6.04 Å². The molecule has 4 atom stereocenters. The third-order valence-corrected chi connectivity index (χ3v) is 5.62. The molecule has 3 rings (SSSR count). The third kappa shape index (κ3) is 2.46.